The summed E-state index contributed by atoms with van der Waals surface area (Å²) in [7, 11) is 1.63. The molecule has 0 saturated carbocycles. The van der Waals surface area contributed by atoms with E-state index in [9.17, 15) is 4.79 Å². The summed E-state index contributed by atoms with van der Waals surface area (Å²) < 4.78 is 10.9. The van der Waals surface area contributed by atoms with Gasteiger partial charge in [0.05, 0.1) is 19.2 Å². The highest BCUT2D eigenvalue weighted by Crippen LogP contribution is 2.38. The molecule has 6 heteroatoms. The van der Waals surface area contributed by atoms with Crippen LogP contribution < -0.4 is 15.4 Å². The number of rotatable bonds is 6. The van der Waals surface area contributed by atoms with Crippen LogP contribution in [0.4, 0.5) is 10.7 Å². The first-order valence-corrected chi connectivity index (χ1v) is 10.8. The average molecular weight is 411 g/mol. The fourth-order valence-electron chi connectivity index (χ4n) is 3.72. The molecule has 1 aliphatic rings. The number of ether oxygens (including phenoxy) is 1. The predicted molar refractivity (Wildman–Crippen MR) is 117 cm³/mol. The van der Waals surface area contributed by atoms with Crippen LogP contribution in [0.25, 0.3) is 0 Å². The molecule has 1 aromatic carbocycles. The molecule has 1 aliphatic carbocycles. The smallest absolute Gasteiger partial charge is 0.258 e. The second kappa shape index (κ2) is 8.74. The number of methoxy groups -OCH3 is 1. The Labute approximate surface area is 175 Å². The zero-order valence-corrected chi connectivity index (χ0v) is 17.7. The van der Waals surface area contributed by atoms with Crippen molar-refractivity contribution < 1.29 is 13.9 Å². The highest BCUT2D eigenvalue weighted by molar-refractivity contribution is 7.16. The summed E-state index contributed by atoms with van der Waals surface area (Å²) in [6.07, 6.45) is 5.53. The fourth-order valence-corrected chi connectivity index (χ4v) is 5.01. The minimum atomic E-state index is -0.0623. The summed E-state index contributed by atoms with van der Waals surface area (Å²) in [4.78, 5) is 14.6. The molecule has 152 valence electrons. The molecule has 0 atom stereocenters. The highest BCUT2D eigenvalue weighted by atomic mass is 32.1. The third-order valence-corrected chi connectivity index (χ3v) is 6.46. The Morgan fingerprint density at radius 3 is 2.62 bits per heavy atom. The van der Waals surface area contributed by atoms with Crippen LogP contribution in [0, 0.1) is 6.92 Å². The second-order valence-corrected chi connectivity index (χ2v) is 8.42. The van der Waals surface area contributed by atoms with Crippen molar-refractivity contribution >= 4 is 27.9 Å². The number of carbonyl (C=O) groups is 1. The van der Waals surface area contributed by atoms with Crippen LogP contribution in [-0.2, 0) is 19.4 Å². The highest BCUT2D eigenvalue weighted by Gasteiger charge is 2.25. The Kier molecular flexibility index (Phi) is 5.90. The van der Waals surface area contributed by atoms with E-state index in [0.717, 1.165) is 52.8 Å². The Morgan fingerprint density at radius 1 is 1.10 bits per heavy atom. The zero-order chi connectivity index (χ0) is 20.2. The van der Waals surface area contributed by atoms with E-state index in [0.29, 0.717) is 6.54 Å². The molecule has 0 aliphatic heterocycles. The van der Waals surface area contributed by atoms with Crippen molar-refractivity contribution in [3.63, 3.8) is 0 Å². The van der Waals surface area contributed by atoms with Crippen molar-refractivity contribution in [1.82, 2.24) is 0 Å². The number of thiophene rings is 1. The van der Waals surface area contributed by atoms with Crippen molar-refractivity contribution in [1.29, 1.82) is 0 Å². The van der Waals surface area contributed by atoms with Crippen LogP contribution in [0.2, 0.25) is 0 Å². The molecule has 0 radical (unpaired) electrons. The molecule has 0 spiro atoms. The first kappa shape index (κ1) is 19.6. The molecular weight excluding hydrogens is 384 g/mol. The van der Waals surface area contributed by atoms with Gasteiger partial charge in [0.1, 0.15) is 22.3 Å². The molecule has 0 fully saturated rings. The van der Waals surface area contributed by atoms with Gasteiger partial charge in [-0.2, -0.15) is 0 Å². The van der Waals surface area contributed by atoms with Gasteiger partial charge in [-0.15, -0.1) is 11.3 Å². The van der Waals surface area contributed by atoms with Crippen molar-refractivity contribution in [2.45, 2.75) is 45.6 Å². The average Bonchev–Trinajstić information content (AvgIpc) is 3.22. The summed E-state index contributed by atoms with van der Waals surface area (Å²) in [5.74, 6) is 2.46. The van der Waals surface area contributed by atoms with E-state index in [2.05, 4.69) is 10.6 Å². The van der Waals surface area contributed by atoms with Gasteiger partial charge in [0.15, 0.2) is 0 Å². The van der Waals surface area contributed by atoms with Crippen LogP contribution in [0.1, 0.15) is 51.6 Å². The van der Waals surface area contributed by atoms with Crippen LogP contribution in [0.15, 0.2) is 40.8 Å². The molecule has 2 N–H and O–H groups in total. The molecule has 3 aromatic rings. The van der Waals surface area contributed by atoms with E-state index < -0.39 is 0 Å². The maximum absolute atomic E-state index is 13.3. The van der Waals surface area contributed by atoms with Gasteiger partial charge in [0.25, 0.3) is 5.91 Å². The minimum Gasteiger partial charge on any atom is -0.497 e. The van der Waals surface area contributed by atoms with Crippen molar-refractivity contribution in [3.8, 4) is 5.75 Å². The normalized spacial score (nSPS) is 13.4. The van der Waals surface area contributed by atoms with E-state index in [1.165, 1.54) is 23.3 Å². The maximum Gasteiger partial charge on any atom is 0.258 e. The van der Waals surface area contributed by atoms with Crippen LogP contribution >= 0.6 is 11.3 Å². The van der Waals surface area contributed by atoms with Crippen LogP contribution in [0.3, 0.4) is 0 Å². The van der Waals surface area contributed by atoms with Gasteiger partial charge in [0, 0.05) is 10.6 Å². The molecule has 0 saturated heterocycles. The van der Waals surface area contributed by atoms with Crippen molar-refractivity contribution in [2.24, 2.45) is 0 Å². The molecule has 0 bridgehead atoms. The topological polar surface area (TPSA) is 63.5 Å². The van der Waals surface area contributed by atoms with Crippen LogP contribution in [-0.4, -0.2) is 13.0 Å². The number of carbonyl (C=O) groups excluding carboxylic acids is 1. The van der Waals surface area contributed by atoms with Gasteiger partial charge in [-0.25, -0.2) is 0 Å². The molecule has 1 amide bonds. The third-order valence-electron chi connectivity index (χ3n) is 5.22. The summed E-state index contributed by atoms with van der Waals surface area (Å²) in [6.45, 7) is 2.50. The SMILES string of the molecule is COc1ccc(NC(=O)c2c(NCc3ccc(C)o3)sc3c2CCCCC3)cc1. The number of anilines is 2. The van der Waals surface area contributed by atoms with E-state index in [4.69, 9.17) is 9.15 Å². The first-order chi connectivity index (χ1) is 14.1. The Morgan fingerprint density at radius 2 is 1.90 bits per heavy atom. The molecule has 5 nitrogen and oxygen atoms in total. The Hall–Kier alpha value is -2.73. The molecule has 2 heterocycles. The maximum atomic E-state index is 13.3. The largest absolute Gasteiger partial charge is 0.497 e. The molecule has 29 heavy (non-hydrogen) atoms. The third kappa shape index (κ3) is 4.48. The summed E-state index contributed by atoms with van der Waals surface area (Å²) in [5.41, 5.74) is 2.75. The summed E-state index contributed by atoms with van der Waals surface area (Å²) >= 11 is 1.71. The number of amides is 1. The second-order valence-electron chi connectivity index (χ2n) is 7.32. The predicted octanol–water partition coefficient (Wildman–Crippen LogP) is 5.79. The van der Waals surface area contributed by atoms with E-state index in [-0.39, 0.29) is 5.91 Å². The van der Waals surface area contributed by atoms with Crippen molar-refractivity contribution in [2.75, 3.05) is 17.7 Å². The zero-order valence-electron chi connectivity index (χ0n) is 16.8. The lowest BCUT2D eigenvalue weighted by Crippen LogP contribution is -2.15. The van der Waals surface area contributed by atoms with Gasteiger partial charge in [-0.05, 0) is 74.6 Å². The molecule has 4 rings (SSSR count). The van der Waals surface area contributed by atoms with Gasteiger partial charge in [-0.1, -0.05) is 6.42 Å². The fraction of sp³-hybridized carbons (Fsp3) is 0.348. The Balaban J connectivity index is 1.59. The van der Waals surface area contributed by atoms with Gasteiger partial charge in [-0.3, -0.25) is 4.79 Å². The summed E-state index contributed by atoms with van der Waals surface area (Å²) in [6, 6.07) is 11.3. The van der Waals surface area contributed by atoms with E-state index in [1.54, 1.807) is 18.4 Å². The monoisotopic (exact) mass is 410 g/mol. The van der Waals surface area contributed by atoms with E-state index >= 15 is 0 Å². The number of hydrogen-bond acceptors (Lipinski definition) is 5. The molecule has 2 aromatic heterocycles. The lowest BCUT2D eigenvalue weighted by molar-refractivity contribution is 0.102. The number of hydrogen-bond donors (Lipinski definition) is 2. The van der Waals surface area contributed by atoms with Crippen molar-refractivity contribution in [3.05, 3.63) is 63.9 Å². The number of fused-ring (bicyclic) bond motifs is 1. The number of furan rings is 1. The number of aryl methyl sites for hydroxylation is 2. The molecular formula is C23H26N2O3S. The Bertz CT molecular complexity index is 988. The summed E-state index contributed by atoms with van der Waals surface area (Å²) in [5, 5.41) is 7.43. The number of nitrogens with one attached hydrogen (secondary N) is 2. The lowest BCUT2D eigenvalue weighted by Gasteiger charge is -2.11. The quantitative estimate of drug-likeness (QED) is 0.505. The first-order valence-electron chi connectivity index (χ1n) is 10.0. The molecule has 0 unspecified atom stereocenters. The standard InChI is InChI=1S/C23H26N2O3S/c1-15-8-11-18(28-15)14-24-23-21(19-6-4-3-5-7-20(19)29-23)22(26)25-16-9-12-17(27-2)13-10-16/h8-13,24H,3-7,14H2,1-2H3,(H,25,26). The van der Waals surface area contributed by atoms with E-state index in [1.807, 2.05) is 43.3 Å². The minimum absolute atomic E-state index is 0.0623. The number of benzene rings is 1. The lowest BCUT2D eigenvalue weighted by atomic mass is 10.0. The van der Waals surface area contributed by atoms with Gasteiger partial charge in [0.2, 0.25) is 0 Å². The van der Waals surface area contributed by atoms with Gasteiger partial charge < -0.3 is 19.8 Å². The van der Waals surface area contributed by atoms with Gasteiger partial charge >= 0.3 is 0 Å². The van der Waals surface area contributed by atoms with Crippen LogP contribution in [0.5, 0.6) is 5.75 Å².